The summed E-state index contributed by atoms with van der Waals surface area (Å²) >= 11 is 0. The molecule has 2 fully saturated rings. The molecule has 0 aliphatic carbocycles. The lowest BCUT2D eigenvalue weighted by Gasteiger charge is -2.42. The molecule has 2 aromatic rings. The average Bonchev–Trinajstić information content (AvgIpc) is 2.90. The number of hydrogen-bond donors (Lipinski definition) is 0. The predicted molar refractivity (Wildman–Crippen MR) is 105 cm³/mol. The zero-order valence-corrected chi connectivity index (χ0v) is 15.6. The van der Waals surface area contributed by atoms with E-state index < -0.39 is 0 Å². The highest BCUT2D eigenvalue weighted by molar-refractivity contribution is 5.94. The number of carbonyl (C=O) groups is 1. The Kier molecular flexibility index (Phi) is 5.07. The molecule has 2 unspecified atom stereocenters. The number of fused-ring (bicyclic) bond motifs is 2. The van der Waals surface area contributed by atoms with Crippen LogP contribution in [-0.2, 0) is 6.42 Å². The monoisotopic (exact) mass is 348 g/mol. The molecule has 26 heavy (non-hydrogen) atoms. The number of benzene rings is 2. The van der Waals surface area contributed by atoms with Gasteiger partial charge in [0.05, 0.1) is 0 Å². The fourth-order valence-corrected chi connectivity index (χ4v) is 4.73. The molecule has 0 saturated carbocycles. The van der Waals surface area contributed by atoms with E-state index in [0.29, 0.717) is 18.1 Å². The summed E-state index contributed by atoms with van der Waals surface area (Å²) in [4.78, 5) is 18.0. The summed E-state index contributed by atoms with van der Waals surface area (Å²) in [5, 5.41) is 0. The van der Waals surface area contributed by atoms with Crippen LogP contribution in [0.4, 0.5) is 0 Å². The number of carbonyl (C=O) groups excluding carboxylic acids is 1. The normalized spacial score (nSPS) is 25.2. The van der Waals surface area contributed by atoms with E-state index in [2.05, 4.69) is 41.1 Å². The largest absolute Gasteiger partial charge is 0.335 e. The molecule has 136 valence electrons. The van der Waals surface area contributed by atoms with E-state index in [1.54, 1.807) is 0 Å². The molecular formula is C23H28N2O. The van der Waals surface area contributed by atoms with Gasteiger partial charge < -0.3 is 9.80 Å². The molecular weight excluding hydrogens is 320 g/mol. The van der Waals surface area contributed by atoms with Gasteiger partial charge in [0.2, 0.25) is 0 Å². The Morgan fingerprint density at radius 3 is 2.15 bits per heavy atom. The Hall–Kier alpha value is -2.13. The van der Waals surface area contributed by atoms with Gasteiger partial charge >= 0.3 is 0 Å². The van der Waals surface area contributed by atoms with Crippen molar-refractivity contribution in [2.24, 2.45) is 0 Å². The van der Waals surface area contributed by atoms with E-state index >= 15 is 0 Å². The maximum atomic E-state index is 13.3. The van der Waals surface area contributed by atoms with Crippen LogP contribution >= 0.6 is 0 Å². The van der Waals surface area contributed by atoms with Gasteiger partial charge in [0.1, 0.15) is 0 Å². The highest BCUT2D eigenvalue weighted by atomic mass is 16.2. The number of amides is 1. The molecule has 2 saturated heterocycles. The van der Waals surface area contributed by atoms with Crippen LogP contribution < -0.4 is 0 Å². The smallest absolute Gasteiger partial charge is 0.254 e. The maximum Gasteiger partial charge on any atom is 0.254 e. The molecule has 4 rings (SSSR count). The first-order valence-corrected chi connectivity index (χ1v) is 9.84. The highest BCUT2D eigenvalue weighted by Gasteiger charge is 2.41. The molecule has 0 N–H and O–H groups in total. The van der Waals surface area contributed by atoms with Crippen LogP contribution in [0.25, 0.3) is 0 Å². The van der Waals surface area contributed by atoms with Crippen molar-refractivity contribution < 1.29 is 4.79 Å². The Morgan fingerprint density at radius 1 is 0.962 bits per heavy atom. The van der Waals surface area contributed by atoms with E-state index in [0.717, 1.165) is 31.4 Å². The summed E-state index contributed by atoms with van der Waals surface area (Å²) in [5.74, 6) is 0.190. The third-order valence-electron chi connectivity index (χ3n) is 6.28. The molecule has 2 aromatic carbocycles. The van der Waals surface area contributed by atoms with Crippen molar-refractivity contribution in [3.05, 3.63) is 71.8 Å². The predicted octanol–water partition coefficient (Wildman–Crippen LogP) is 4.00. The van der Waals surface area contributed by atoms with Crippen molar-refractivity contribution in [3.63, 3.8) is 0 Å². The molecule has 2 aliphatic heterocycles. The van der Waals surface area contributed by atoms with Gasteiger partial charge in [-0.15, -0.1) is 0 Å². The minimum absolute atomic E-state index is 0.190. The van der Waals surface area contributed by atoms with Gasteiger partial charge in [0.25, 0.3) is 5.91 Å². The number of nitrogens with zero attached hydrogens (tertiary/aromatic N) is 2. The van der Waals surface area contributed by atoms with Crippen molar-refractivity contribution in [1.82, 2.24) is 9.80 Å². The molecule has 1 amide bonds. The zero-order chi connectivity index (χ0) is 17.9. The van der Waals surface area contributed by atoms with Gasteiger partial charge in [0, 0.05) is 30.2 Å². The van der Waals surface area contributed by atoms with E-state index in [1.165, 1.54) is 18.4 Å². The van der Waals surface area contributed by atoms with Crippen molar-refractivity contribution in [3.8, 4) is 0 Å². The molecule has 3 heteroatoms. The first-order chi connectivity index (χ1) is 12.7. The standard InChI is InChI=1S/C23H28N2O/c1-24-20-12-13-21(24)17-22(16-20)25(15-14-18-8-4-2-5-9-18)23(26)19-10-6-3-7-11-19/h2-11,20-22H,12-17H2,1H3. The Labute approximate surface area is 156 Å². The Bertz CT molecular complexity index is 716. The maximum absolute atomic E-state index is 13.3. The summed E-state index contributed by atoms with van der Waals surface area (Å²) in [7, 11) is 2.26. The Morgan fingerprint density at radius 2 is 1.54 bits per heavy atom. The van der Waals surface area contributed by atoms with Gasteiger partial charge in [-0.05, 0) is 56.8 Å². The van der Waals surface area contributed by atoms with Gasteiger partial charge in [-0.1, -0.05) is 48.5 Å². The zero-order valence-electron chi connectivity index (χ0n) is 15.6. The second-order valence-corrected chi connectivity index (χ2v) is 7.78. The second kappa shape index (κ2) is 7.63. The first-order valence-electron chi connectivity index (χ1n) is 9.84. The summed E-state index contributed by atoms with van der Waals surface area (Å²) in [6, 6.07) is 21.9. The van der Waals surface area contributed by atoms with Crippen molar-refractivity contribution >= 4 is 5.91 Å². The van der Waals surface area contributed by atoms with Gasteiger partial charge in [-0.2, -0.15) is 0 Å². The molecule has 2 atom stereocenters. The number of piperidine rings is 1. The van der Waals surface area contributed by atoms with Crippen LogP contribution in [0.2, 0.25) is 0 Å². The summed E-state index contributed by atoms with van der Waals surface area (Å²) < 4.78 is 0. The van der Waals surface area contributed by atoms with Crippen LogP contribution in [0.5, 0.6) is 0 Å². The van der Waals surface area contributed by atoms with E-state index in [-0.39, 0.29) is 5.91 Å². The number of hydrogen-bond acceptors (Lipinski definition) is 2. The van der Waals surface area contributed by atoms with Crippen molar-refractivity contribution in [2.75, 3.05) is 13.6 Å². The summed E-state index contributed by atoms with van der Waals surface area (Å²) in [5.41, 5.74) is 2.11. The van der Waals surface area contributed by atoms with E-state index in [1.807, 2.05) is 36.4 Å². The third kappa shape index (κ3) is 3.54. The van der Waals surface area contributed by atoms with Gasteiger partial charge in [0.15, 0.2) is 0 Å². The third-order valence-corrected chi connectivity index (χ3v) is 6.28. The molecule has 0 aromatic heterocycles. The quantitative estimate of drug-likeness (QED) is 0.815. The van der Waals surface area contributed by atoms with E-state index in [4.69, 9.17) is 0 Å². The minimum atomic E-state index is 0.190. The van der Waals surface area contributed by atoms with Crippen molar-refractivity contribution in [2.45, 2.75) is 50.2 Å². The molecule has 2 heterocycles. The van der Waals surface area contributed by atoms with Crippen LogP contribution in [0, 0.1) is 0 Å². The fraction of sp³-hybridized carbons (Fsp3) is 0.435. The SMILES string of the molecule is CN1C2CCC1CC(N(CCc1ccccc1)C(=O)c1ccccc1)C2. The topological polar surface area (TPSA) is 23.6 Å². The van der Waals surface area contributed by atoms with Crippen LogP contribution in [-0.4, -0.2) is 47.4 Å². The van der Waals surface area contributed by atoms with Crippen LogP contribution in [0.15, 0.2) is 60.7 Å². The highest BCUT2D eigenvalue weighted by Crippen LogP contribution is 2.36. The lowest BCUT2D eigenvalue weighted by atomic mass is 9.95. The van der Waals surface area contributed by atoms with Crippen LogP contribution in [0.3, 0.4) is 0 Å². The molecule has 0 radical (unpaired) electrons. The van der Waals surface area contributed by atoms with Gasteiger partial charge in [-0.25, -0.2) is 0 Å². The summed E-state index contributed by atoms with van der Waals surface area (Å²) in [6.45, 7) is 0.797. The average molecular weight is 348 g/mol. The molecule has 2 bridgehead atoms. The van der Waals surface area contributed by atoms with Gasteiger partial charge in [-0.3, -0.25) is 4.79 Å². The molecule has 3 nitrogen and oxygen atoms in total. The molecule has 2 aliphatic rings. The van der Waals surface area contributed by atoms with E-state index in [9.17, 15) is 4.79 Å². The fourth-order valence-electron chi connectivity index (χ4n) is 4.73. The second-order valence-electron chi connectivity index (χ2n) is 7.78. The Balaban J connectivity index is 1.54. The summed E-state index contributed by atoms with van der Waals surface area (Å²) in [6.07, 6.45) is 5.70. The van der Waals surface area contributed by atoms with Crippen molar-refractivity contribution in [1.29, 1.82) is 0 Å². The minimum Gasteiger partial charge on any atom is -0.335 e. The first kappa shape index (κ1) is 17.3. The molecule has 0 spiro atoms. The lowest BCUT2D eigenvalue weighted by Crippen LogP contribution is -2.51. The number of rotatable bonds is 5. The van der Waals surface area contributed by atoms with Crippen LogP contribution in [0.1, 0.15) is 41.6 Å². The lowest BCUT2D eigenvalue weighted by molar-refractivity contribution is 0.0488.